The van der Waals surface area contributed by atoms with Gasteiger partial charge in [-0.1, -0.05) is 6.92 Å². The summed E-state index contributed by atoms with van der Waals surface area (Å²) in [4.78, 5) is 10.3. The molecular formula is C9H19NO3S. The van der Waals surface area contributed by atoms with Crippen molar-refractivity contribution in [3.63, 3.8) is 0 Å². The van der Waals surface area contributed by atoms with Crippen LogP contribution in [0.2, 0.25) is 0 Å². The van der Waals surface area contributed by atoms with Gasteiger partial charge in [-0.3, -0.25) is 4.79 Å². The molecule has 84 valence electrons. The number of aliphatic hydroxyl groups is 1. The Kier molecular flexibility index (Phi) is 7.93. The van der Waals surface area contributed by atoms with Crippen LogP contribution >= 0.6 is 11.8 Å². The Labute approximate surface area is 88.9 Å². The molecule has 0 saturated heterocycles. The number of nitrogens with two attached hydrogens (primary N) is 1. The number of rotatable bonds is 8. The average Bonchev–Trinajstić information content (AvgIpc) is 2.16. The lowest BCUT2D eigenvalue weighted by molar-refractivity contribution is -0.137. The number of aliphatic hydroxyl groups excluding tert-OH is 1. The van der Waals surface area contributed by atoms with Crippen molar-refractivity contribution in [1.29, 1.82) is 0 Å². The Balaban J connectivity index is 3.25. The number of hydrogen-bond donors (Lipinski definition) is 3. The number of carboxylic acid groups (broad SMARTS) is 1. The van der Waals surface area contributed by atoms with Crippen molar-refractivity contribution in [2.24, 2.45) is 5.73 Å². The molecule has 4 N–H and O–H groups in total. The van der Waals surface area contributed by atoms with Gasteiger partial charge >= 0.3 is 5.97 Å². The van der Waals surface area contributed by atoms with E-state index in [0.29, 0.717) is 5.75 Å². The molecule has 0 aliphatic heterocycles. The Bertz CT molecular complexity index is 166. The fourth-order valence-corrected chi connectivity index (χ4v) is 1.84. The van der Waals surface area contributed by atoms with E-state index in [2.05, 4.69) is 0 Å². The highest BCUT2D eigenvalue weighted by atomic mass is 32.2. The molecular weight excluding hydrogens is 202 g/mol. The van der Waals surface area contributed by atoms with Crippen molar-refractivity contribution in [2.75, 3.05) is 11.5 Å². The third kappa shape index (κ3) is 7.17. The van der Waals surface area contributed by atoms with Gasteiger partial charge < -0.3 is 15.9 Å². The average molecular weight is 221 g/mol. The minimum Gasteiger partial charge on any atom is -0.480 e. The van der Waals surface area contributed by atoms with E-state index in [0.717, 1.165) is 25.0 Å². The first kappa shape index (κ1) is 13.7. The van der Waals surface area contributed by atoms with E-state index < -0.39 is 12.0 Å². The predicted octanol–water partition coefficient (Wildman–Crippen LogP) is 0.683. The number of hydrogen-bond acceptors (Lipinski definition) is 4. The molecule has 0 saturated carbocycles. The number of thioether (sulfide) groups is 1. The summed E-state index contributed by atoms with van der Waals surface area (Å²) in [6.07, 6.45) is 2.25. The zero-order chi connectivity index (χ0) is 11.0. The zero-order valence-electron chi connectivity index (χ0n) is 8.48. The van der Waals surface area contributed by atoms with Crippen LogP contribution < -0.4 is 5.73 Å². The summed E-state index contributed by atoms with van der Waals surface area (Å²) in [5.74, 6) is 0.348. The molecule has 0 fully saturated rings. The fourth-order valence-electron chi connectivity index (χ4n) is 0.907. The summed E-state index contributed by atoms with van der Waals surface area (Å²) in [7, 11) is 0. The molecule has 5 heteroatoms. The second-order valence-electron chi connectivity index (χ2n) is 3.22. The minimum atomic E-state index is -0.953. The maximum atomic E-state index is 10.3. The molecule has 0 aromatic rings. The summed E-state index contributed by atoms with van der Waals surface area (Å²) in [5, 5.41) is 17.7. The highest BCUT2D eigenvalue weighted by Crippen LogP contribution is 2.08. The molecule has 0 heterocycles. The maximum Gasteiger partial charge on any atom is 0.321 e. The molecule has 1 unspecified atom stereocenters. The van der Waals surface area contributed by atoms with E-state index in [1.807, 2.05) is 6.92 Å². The first-order valence-corrected chi connectivity index (χ1v) is 5.97. The molecule has 0 aliphatic rings. The van der Waals surface area contributed by atoms with Gasteiger partial charge in [0.1, 0.15) is 6.04 Å². The zero-order valence-corrected chi connectivity index (χ0v) is 9.30. The molecule has 14 heavy (non-hydrogen) atoms. The monoisotopic (exact) mass is 221 g/mol. The molecule has 0 radical (unpaired) electrons. The first-order chi connectivity index (χ1) is 6.57. The fraction of sp³-hybridized carbons (Fsp3) is 0.889. The van der Waals surface area contributed by atoms with Gasteiger partial charge in [0.05, 0.1) is 6.10 Å². The van der Waals surface area contributed by atoms with E-state index in [9.17, 15) is 9.90 Å². The van der Waals surface area contributed by atoms with Crippen molar-refractivity contribution in [3.8, 4) is 0 Å². The topological polar surface area (TPSA) is 83.5 Å². The van der Waals surface area contributed by atoms with Gasteiger partial charge in [0, 0.05) is 5.75 Å². The van der Waals surface area contributed by atoms with Gasteiger partial charge in [0.2, 0.25) is 0 Å². The van der Waals surface area contributed by atoms with Crippen LogP contribution in [-0.4, -0.2) is 39.8 Å². The number of aliphatic carboxylic acids is 1. The highest BCUT2D eigenvalue weighted by Gasteiger charge is 2.10. The molecule has 0 aliphatic carbocycles. The van der Waals surface area contributed by atoms with Gasteiger partial charge in [-0.2, -0.15) is 11.8 Å². The number of carboxylic acids is 1. The van der Waals surface area contributed by atoms with Crippen LogP contribution in [0.3, 0.4) is 0 Å². The van der Waals surface area contributed by atoms with Gasteiger partial charge in [-0.05, 0) is 25.0 Å². The van der Waals surface area contributed by atoms with Crippen molar-refractivity contribution in [3.05, 3.63) is 0 Å². The van der Waals surface area contributed by atoms with Crippen LogP contribution in [0.4, 0.5) is 0 Å². The minimum absolute atomic E-state index is 0.219. The van der Waals surface area contributed by atoms with Gasteiger partial charge in [0.15, 0.2) is 0 Å². The van der Waals surface area contributed by atoms with Crippen LogP contribution in [0, 0.1) is 0 Å². The Hall–Kier alpha value is -0.260. The van der Waals surface area contributed by atoms with Crippen molar-refractivity contribution >= 4 is 17.7 Å². The molecule has 0 aromatic heterocycles. The normalized spacial score (nSPS) is 15.1. The van der Waals surface area contributed by atoms with E-state index in [1.165, 1.54) is 11.8 Å². The van der Waals surface area contributed by atoms with E-state index in [-0.39, 0.29) is 6.10 Å². The molecule has 0 aromatic carbocycles. The Morgan fingerprint density at radius 2 is 2.21 bits per heavy atom. The summed E-state index contributed by atoms with van der Waals surface area (Å²) in [5.41, 5.74) is 5.31. The second kappa shape index (κ2) is 8.08. The quantitative estimate of drug-likeness (QED) is 0.525. The van der Waals surface area contributed by atoms with Crippen LogP contribution in [0.15, 0.2) is 0 Å². The molecule has 0 spiro atoms. The van der Waals surface area contributed by atoms with Gasteiger partial charge in [0.25, 0.3) is 0 Å². The lowest BCUT2D eigenvalue weighted by atomic mass is 10.2. The van der Waals surface area contributed by atoms with Crippen molar-refractivity contribution in [2.45, 2.75) is 38.3 Å². The van der Waals surface area contributed by atoms with Crippen LogP contribution in [-0.2, 0) is 4.79 Å². The van der Waals surface area contributed by atoms with Gasteiger partial charge in [-0.25, -0.2) is 0 Å². The maximum absolute atomic E-state index is 10.3. The largest absolute Gasteiger partial charge is 0.480 e. The van der Waals surface area contributed by atoms with Crippen LogP contribution in [0.1, 0.15) is 26.2 Å². The predicted molar refractivity (Wildman–Crippen MR) is 58.5 cm³/mol. The third-order valence-electron chi connectivity index (χ3n) is 1.91. The SMILES string of the molecule is CCC(O)CCCSC[C@H](N)C(=O)O. The van der Waals surface area contributed by atoms with Crippen molar-refractivity contribution < 1.29 is 15.0 Å². The summed E-state index contributed by atoms with van der Waals surface area (Å²) in [6.45, 7) is 1.94. The van der Waals surface area contributed by atoms with Crippen LogP contribution in [0.25, 0.3) is 0 Å². The standard InChI is InChI=1S/C9H19NO3S/c1-2-7(11)4-3-5-14-6-8(10)9(12)13/h7-8,11H,2-6,10H2,1H3,(H,12,13)/t7?,8-/m0/s1. The lowest BCUT2D eigenvalue weighted by Gasteiger charge is -2.08. The second-order valence-corrected chi connectivity index (χ2v) is 4.37. The molecule has 0 rings (SSSR count). The van der Waals surface area contributed by atoms with Crippen LogP contribution in [0.5, 0.6) is 0 Å². The third-order valence-corrected chi connectivity index (χ3v) is 3.08. The van der Waals surface area contributed by atoms with E-state index in [4.69, 9.17) is 10.8 Å². The number of carbonyl (C=O) groups is 1. The molecule has 0 amide bonds. The van der Waals surface area contributed by atoms with Gasteiger partial charge in [-0.15, -0.1) is 0 Å². The lowest BCUT2D eigenvalue weighted by Crippen LogP contribution is -2.32. The van der Waals surface area contributed by atoms with E-state index in [1.54, 1.807) is 0 Å². The molecule has 2 atom stereocenters. The molecule has 4 nitrogen and oxygen atoms in total. The summed E-state index contributed by atoms with van der Waals surface area (Å²) < 4.78 is 0. The summed E-state index contributed by atoms with van der Waals surface area (Å²) in [6, 6.07) is -0.768. The summed E-state index contributed by atoms with van der Waals surface area (Å²) >= 11 is 1.53. The molecule has 0 bridgehead atoms. The first-order valence-electron chi connectivity index (χ1n) is 4.82. The Morgan fingerprint density at radius 3 is 2.71 bits per heavy atom. The smallest absolute Gasteiger partial charge is 0.321 e. The Morgan fingerprint density at radius 1 is 1.57 bits per heavy atom. The van der Waals surface area contributed by atoms with E-state index >= 15 is 0 Å². The van der Waals surface area contributed by atoms with Crippen molar-refractivity contribution in [1.82, 2.24) is 0 Å². The highest BCUT2D eigenvalue weighted by molar-refractivity contribution is 7.99.